The maximum atomic E-state index is 5.74. The molecule has 2 heteroatoms. The molecule has 0 atom stereocenters. The summed E-state index contributed by atoms with van der Waals surface area (Å²) in [5.41, 5.74) is 11.2. The van der Waals surface area contributed by atoms with Gasteiger partial charge >= 0.3 is 0 Å². The van der Waals surface area contributed by atoms with Gasteiger partial charge in [0, 0.05) is 11.4 Å². The monoisotopic (exact) mass is 186 g/mol. The van der Waals surface area contributed by atoms with Crippen LogP contribution in [0.15, 0.2) is 35.7 Å². The zero-order valence-electron chi connectivity index (χ0n) is 8.46. The molecule has 0 radical (unpaired) electrons. The first kappa shape index (κ1) is 8.88. The topological polar surface area (TPSA) is 38.0 Å². The highest BCUT2D eigenvalue weighted by Gasteiger charge is 2.09. The van der Waals surface area contributed by atoms with E-state index in [-0.39, 0.29) is 0 Å². The van der Waals surface area contributed by atoms with Crippen LogP contribution in [0.5, 0.6) is 0 Å². The van der Waals surface area contributed by atoms with Crippen LogP contribution < -0.4 is 11.1 Å². The molecule has 0 amide bonds. The fourth-order valence-corrected chi connectivity index (χ4v) is 1.58. The van der Waals surface area contributed by atoms with Crippen LogP contribution >= 0.6 is 0 Å². The number of hydrogen-bond acceptors (Lipinski definition) is 2. The minimum Gasteiger partial charge on any atom is -0.401 e. The van der Waals surface area contributed by atoms with Crippen LogP contribution in [-0.4, -0.2) is 0 Å². The molecule has 2 rings (SSSR count). The fourth-order valence-electron chi connectivity index (χ4n) is 1.58. The lowest BCUT2D eigenvalue weighted by Crippen LogP contribution is -2.10. The Morgan fingerprint density at radius 3 is 2.79 bits per heavy atom. The molecule has 0 spiro atoms. The second kappa shape index (κ2) is 3.22. The standard InChI is InChI=1S/C12H14N2/c1-8-4-3-5-10-6-7-11(9(2)13)14-12(8)10/h3-7,14H,13H2,1-2H3/b11-9-. The SMILES string of the molecule is C/C(N)=C1\C=Cc2cccc(C)c2N1. The summed E-state index contributed by atoms with van der Waals surface area (Å²) in [4.78, 5) is 0. The Morgan fingerprint density at radius 1 is 1.29 bits per heavy atom. The molecule has 0 aromatic heterocycles. The molecule has 3 N–H and O–H groups in total. The Labute approximate surface area is 84.1 Å². The predicted octanol–water partition coefficient (Wildman–Crippen LogP) is 2.62. The molecule has 1 heterocycles. The van der Waals surface area contributed by atoms with E-state index in [1.165, 1.54) is 11.1 Å². The van der Waals surface area contributed by atoms with Gasteiger partial charge in [-0.1, -0.05) is 24.3 Å². The molecule has 1 aromatic carbocycles. The first-order valence-electron chi connectivity index (χ1n) is 4.69. The van der Waals surface area contributed by atoms with Gasteiger partial charge in [0.1, 0.15) is 0 Å². The zero-order chi connectivity index (χ0) is 10.1. The number of allylic oxidation sites excluding steroid dienone is 2. The highest BCUT2D eigenvalue weighted by Crippen LogP contribution is 2.28. The van der Waals surface area contributed by atoms with Gasteiger partial charge in [0.25, 0.3) is 0 Å². The molecular weight excluding hydrogens is 172 g/mol. The van der Waals surface area contributed by atoms with E-state index in [0.717, 1.165) is 17.1 Å². The van der Waals surface area contributed by atoms with E-state index >= 15 is 0 Å². The molecule has 2 nitrogen and oxygen atoms in total. The van der Waals surface area contributed by atoms with E-state index < -0.39 is 0 Å². The van der Waals surface area contributed by atoms with Gasteiger partial charge in [-0.3, -0.25) is 0 Å². The van der Waals surface area contributed by atoms with E-state index in [0.29, 0.717) is 0 Å². The predicted molar refractivity (Wildman–Crippen MR) is 60.7 cm³/mol. The molecule has 0 fully saturated rings. The van der Waals surface area contributed by atoms with Crippen molar-refractivity contribution in [1.82, 2.24) is 0 Å². The average molecular weight is 186 g/mol. The minimum absolute atomic E-state index is 0.815. The number of aryl methyl sites for hydroxylation is 1. The second-order valence-electron chi connectivity index (χ2n) is 3.59. The largest absolute Gasteiger partial charge is 0.401 e. The van der Waals surface area contributed by atoms with Gasteiger partial charge in [-0.15, -0.1) is 0 Å². The van der Waals surface area contributed by atoms with Crippen LogP contribution in [0.1, 0.15) is 18.1 Å². The van der Waals surface area contributed by atoms with E-state index in [9.17, 15) is 0 Å². The maximum Gasteiger partial charge on any atom is 0.0572 e. The van der Waals surface area contributed by atoms with Gasteiger partial charge in [-0.2, -0.15) is 0 Å². The van der Waals surface area contributed by atoms with Crippen LogP contribution in [0.2, 0.25) is 0 Å². The van der Waals surface area contributed by atoms with Crippen molar-refractivity contribution < 1.29 is 0 Å². The van der Waals surface area contributed by atoms with Gasteiger partial charge < -0.3 is 11.1 Å². The second-order valence-corrected chi connectivity index (χ2v) is 3.59. The summed E-state index contributed by atoms with van der Waals surface area (Å²) in [6, 6.07) is 6.24. The van der Waals surface area contributed by atoms with E-state index in [2.05, 4.69) is 36.5 Å². The van der Waals surface area contributed by atoms with Crippen molar-refractivity contribution in [3.63, 3.8) is 0 Å². The molecule has 1 aliphatic rings. The lowest BCUT2D eigenvalue weighted by molar-refractivity contribution is 1.23. The van der Waals surface area contributed by atoms with Crippen molar-refractivity contribution in [1.29, 1.82) is 0 Å². The highest BCUT2D eigenvalue weighted by atomic mass is 14.9. The number of benzene rings is 1. The molecule has 0 unspecified atom stereocenters. The van der Waals surface area contributed by atoms with Gasteiger partial charge in [0.05, 0.1) is 5.70 Å². The quantitative estimate of drug-likeness (QED) is 0.653. The molecule has 0 aliphatic carbocycles. The molecule has 0 bridgehead atoms. The molecule has 1 aromatic rings. The van der Waals surface area contributed by atoms with Crippen LogP contribution in [0.25, 0.3) is 6.08 Å². The Morgan fingerprint density at radius 2 is 2.07 bits per heavy atom. The maximum absolute atomic E-state index is 5.74. The van der Waals surface area contributed by atoms with Gasteiger partial charge in [0.2, 0.25) is 0 Å². The summed E-state index contributed by atoms with van der Waals surface area (Å²) in [6.07, 6.45) is 4.10. The summed E-state index contributed by atoms with van der Waals surface area (Å²) in [7, 11) is 0. The van der Waals surface area contributed by atoms with Crippen molar-refractivity contribution in [2.24, 2.45) is 5.73 Å². The Balaban J connectivity index is 2.53. The number of rotatable bonds is 0. The Kier molecular flexibility index (Phi) is 2.04. The van der Waals surface area contributed by atoms with Crippen LogP contribution in [0, 0.1) is 6.92 Å². The Hall–Kier alpha value is -1.70. The fraction of sp³-hybridized carbons (Fsp3) is 0.167. The van der Waals surface area contributed by atoms with Crippen molar-refractivity contribution in [3.05, 3.63) is 46.8 Å². The number of para-hydroxylation sites is 1. The molecule has 1 aliphatic heterocycles. The summed E-state index contributed by atoms with van der Waals surface area (Å²) >= 11 is 0. The summed E-state index contributed by atoms with van der Waals surface area (Å²) < 4.78 is 0. The number of hydrogen-bond donors (Lipinski definition) is 2. The van der Waals surface area contributed by atoms with Gasteiger partial charge in [-0.25, -0.2) is 0 Å². The summed E-state index contributed by atoms with van der Waals surface area (Å²) in [5.74, 6) is 0. The van der Waals surface area contributed by atoms with E-state index in [1.807, 2.05) is 13.0 Å². The third kappa shape index (κ3) is 1.39. The molecular formula is C12H14N2. The lowest BCUT2D eigenvalue weighted by atomic mass is 10.0. The third-order valence-corrected chi connectivity index (χ3v) is 2.42. The first-order chi connectivity index (χ1) is 6.68. The van der Waals surface area contributed by atoms with Crippen LogP contribution in [0.3, 0.4) is 0 Å². The molecule has 0 saturated carbocycles. The lowest BCUT2D eigenvalue weighted by Gasteiger charge is -2.18. The van der Waals surface area contributed by atoms with Gasteiger partial charge in [-0.05, 0) is 31.1 Å². The number of anilines is 1. The normalized spacial score (nSPS) is 17.3. The molecule has 72 valence electrons. The smallest absolute Gasteiger partial charge is 0.0572 e. The van der Waals surface area contributed by atoms with Crippen LogP contribution in [0.4, 0.5) is 5.69 Å². The molecule has 0 saturated heterocycles. The third-order valence-electron chi connectivity index (χ3n) is 2.42. The van der Waals surface area contributed by atoms with Crippen molar-refractivity contribution in [2.45, 2.75) is 13.8 Å². The number of nitrogens with two attached hydrogens (primary N) is 1. The van der Waals surface area contributed by atoms with Crippen LogP contribution in [-0.2, 0) is 0 Å². The van der Waals surface area contributed by atoms with Crippen molar-refractivity contribution in [2.75, 3.05) is 5.32 Å². The highest BCUT2D eigenvalue weighted by molar-refractivity contribution is 5.77. The van der Waals surface area contributed by atoms with Crippen molar-refractivity contribution >= 4 is 11.8 Å². The average Bonchev–Trinajstić information content (AvgIpc) is 2.18. The number of nitrogens with one attached hydrogen (secondary N) is 1. The Bertz CT molecular complexity index is 424. The summed E-state index contributed by atoms with van der Waals surface area (Å²) in [5, 5.41) is 3.33. The summed E-state index contributed by atoms with van der Waals surface area (Å²) in [6.45, 7) is 3.99. The molecule has 14 heavy (non-hydrogen) atoms. The minimum atomic E-state index is 0.815. The van der Waals surface area contributed by atoms with Gasteiger partial charge in [0.15, 0.2) is 0 Å². The van der Waals surface area contributed by atoms with E-state index in [4.69, 9.17) is 5.73 Å². The first-order valence-corrected chi connectivity index (χ1v) is 4.69. The number of fused-ring (bicyclic) bond motifs is 1. The van der Waals surface area contributed by atoms with E-state index in [1.54, 1.807) is 0 Å². The van der Waals surface area contributed by atoms with Crippen molar-refractivity contribution in [3.8, 4) is 0 Å². The zero-order valence-corrected chi connectivity index (χ0v) is 8.46.